The second-order valence-electron chi connectivity index (χ2n) is 10.9. The molecule has 4 aromatic rings. The van der Waals surface area contributed by atoms with Gasteiger partial charge in [-0.1, -0.05) is 30.3 Å². The number of amides is 2. The van der Waals surface area contributed by atoms with Gasteiger partial charge in [-0.05, 0) is 42.0 Å². The van der Waals surface area contributed by atoms with Gasteiger partial charge in [0.25, 0.3) is 11.8 Å². The predicted octanol–water partition coefficient (Wildman–Crippen LogP) is 2.73. The molecule has 3 aliphatic heterocycles. The summed E-state index contributed by atoms with van der Waals surface area (Å²) in [5.41, 5.74) is 1.86. The number of nitrogens with zero attached hydrogens (tertiary/aromatic N) is 3. The number of para-hydroxylation sites is 1. The van der Waals surface area contributed by atoms with Crippen LogP contribution in [-0.4, -0.2) is 75.8 Å². The normalized spacial score (nSPS) is 18.6. The van der Waals surface area contributed by atoms with Gasteiger partial charge in [0, 0.05) is 49.7 Å². The van der Waals surface area contributed by atoms with Gasteiger partial charge in [0.05, 0.1) is 24.5 Å². The van der Waals surface area contributed by atoms with Crippen molar-refractivity contribution in [3.63, 3.8) is 0 Å². The van der Waals surface area contributed by atoms with Crippen molar-refractivity contribution in [2.24, 2.45) is 0 Å². The quantitative estimate of drug-likeness (QED) is 0.287. The van der Waals surface area contributed by atoms with Crippen LogP contribution < -0.4 is 24.8 Å². The number of carbonyl (C=O) groups excluding carboxylic acids is 2. The number of likely N-dealkylation sites (tertiary alicyclic amines) is 1. The van der Waals surface area contributed by atoms with Gasteiger partial charge in [-0.3, -0.25) is 14.5 Å². The zero-order valence-electron chi connectivity index (χ0n) is 24.4. The minimum absolute atomic E-state index is 0.104. The highest BCUT2D eigenvalue weighted by molar-refractivity contribution is 5.98. The largest absolute Gasteiger partial charge is 0.491 e. The van der Waals surface area contributed by atoms with Gasteiger partial charge in [0.1, 0.15) is 30.0 Å². The van der Waals surface area contributed by atoms with Crippen LogP contribution in [0.4, 0.5) is 0 Å². The van der Waals surface area contributed by atoms with Gasteiger partial charge in [-0.15, -0.1) is 0 Å². The average Bonchev–Trinajstić information content (AvgIpc) is 3.69. The van der Waals surface area contributed by atoms with Gasteiger partial charge in [0.2, 0.25) is 0 Å². The smallest absolute Gasteiger partial charge is 0.335 e. The van der Waals surface area contributed by atoms with Gasteiger partial charge >= 0.3 is 5.97 Å². The summed E-state index contributed by atoms with van der Waals surface area (Å²) in [4.78, 5) is 44.0. The van der Waals surface area contributed by atoms with E-state index < -0.39 is 24.0 Å². The molecule has 0 unspecified atom stereocenters. The van der Waals surface area contributed by atoms with E-state index in [2.05, 4.69) is 20.5 Å². The summed E-state index contributed by atoms with van der Waals surface area (Å²) in [7, 11) is 0. The number of aromatic nitrogens is 2. The fraction of sp³-hybridized carbons (Fsp3) is 0.273. The molecule has 4 heterocycles. The van der Waals surface area contributed by atoms with Crippen molar-refractivity contribution in [1.82, 2.24) is 25.1 Å². The third-order valence-corrected chi connectivity index (χ3v) is 7.68. The second-order valence-corrected chi connectivity index (χ2v) is 10.9. The van der Waals surface area contributed by atoms with Crippen LogP contribution in [0.1, 0.15) is 31.8 Å². The number of carboxylic acids is 1. The third-order valence-electron chi connectivity index (χ3n) is 7.68. The Bertz CT molecular complexity index is 1660. The zero-order valence-corrected chi connectivity index (χ0v) is 24.4. The molecule has 1 aromatic heterocycles. The monoisotopic (exact) mass is 611 g/mol. The van der Waals surface area contributed by atoms with E-state index in [1.165, 1.54) is 18.2 Å². The molecule has 1 fully saturated rings. The van der Waals surface area contributed by atoms with E-state index in [1.807, 2.05) is 59.3 Å². The molecular weight excluding hydrogens is 578 g/mol. The van der Waals surface area contributed by atoms with Crippen LogP contribution in [0, 0.1) is 0 Å². The summed E-state index contributed by atoms with van der Waals surface area (Å²) in [5, 5.41) is 15.5. The maximum absolute atomic E-state index is 13.5. The number of rotatable bonds is 7. The SMILES string of the molecule is O=C1COc2cc(C(=O)O)cc(c2)C(=O)N[C@H]2CN(Cc3ccccc3OCCn3ccnc3)C[C@@H]2Oc2ccc(cc2)CN1. The molecule has 2 amide bonds. The van der Waals surface area contributed by atoms with Gasteiger partial charge < -0.3 is 34.5 Å². The van der Waals surface area contributed by atoms with E-state index in [0.29, 0.717) is 38.5 Å². The fourth-order valence-electron chi connectivity index (χ4n) is 5.39. The number of benzene rings is 3. The molecule has 0 spiro atoms. The van der Waals surface area contributed by atoms with Crippen molar-refractivity contribution in [1.29, 1.82) is 0 Å². The maximum Gasteiger partial charge on any atom is 0.335 e. The van der Waals surface area contributed by atoms with E-state index in [0.717, 1.165) is 16.9 Å². The Balaban J connectivity index is 1.23. The summed E-state index contributed by atoms with van der Waals surface area (Å²) >= 11 is 0. The number of hydrogen-bond acceptors (Lipinski definition) is 8. The molecule has 232 valence electrons. The zero-order chi connectivity index (χ0) is 31.2. The molecule has 2 atom stereocenters. The number of carbonyl (C=O) groups is 3. The van der Waals surface area contributed by atoms with E-state index in [4.69, 9.17) is 14.2 Å². The summed E-state index contributed by atoms with van der Waals surface area (Å²) in [6.07, 6.45) is 4.97. The molecule has 3 N–H and O–H groups in total. The average molecular weight is 612 g/mol. The first-order chi connectivity index (χ1) is 21.9. The molecule has 3 aliphatic rings. The molecule has 7 rings (SSSR count). The number of hydrogen-bond donors (Lipinski definition) is 3. The summed E-state index contributed by atoms with van der Waals surface area (Å²) < 4.78 is 20.1. The van der Waals surface area contributed by atoms with Crippen LogP contribution >= 0.6 is 0 Å². The molecule has 3 aromatic carbocycles. The van der Waals surface area contributed by atoms with Gasteiger partial charge in [-0.2, -0.15) is 0 Å². The first kappa shape index (κ1) is 29.7. The summed E-state index contributed by atoms with van der Waals surface area (Å²) in [6, 6.07) is 18.9. The topological polar surface area (TPSA) is 144 Å². The molecular formula is C33H33N5O7. The summed E-state index contributed by atoms with van der Waals surface area (Å²) in [5.74, 6) is -0.562. The molecule has 0 saturated carbocycles. The first-order valence-corrected chi connectivity index (χ1v) is 14.6. The highest BCUT2D eigenvalue weighted by Gasteiger charge is 2.36. The minimum Gasteiger partial charge on any atom is -0.491 e. The highest BCUT2D eigenvalue weighted by Crippen LogP contribution is 2.26. The maximum atomic E-state index is 13.5. The Kier molecular flexibility index (Phi) is 8.92. The number of carboxylic acid groups (broad SMARTS) is 1. The van der Waals surface area contributed by atoms with E-state index in [1.54, 1.807) is 12.5 Å². The molecule has 12 nitrogen and oxygen atoms in total. The van der Waals surface area contributed by atoms with Crippen LogP contribution in [0.2, 0.25) is 0 Å². The Morgan fingerprint density at radius 3 is 2.69 bits per heavy atom. The Morgan fingerprint density at radius 1 is 1.04 bits per heavy atom. The second kappa shape index (κ2) is 13.5. The van der Waals surface area contributed by atoms with Crippen LogP contribution in [0.25, 0.3) is 0 Å². The minimum atomic E-state index is -1.22. The summed E-state index contributed by atoms with van der Waals surface area (Å²) in [6.45, 7) is 2.68. The predicted molar refractivity (Wildman–Crippen MR) is 162 cm³/mol. The molecule has 0 radical (unpaired) electrons. The Hall–Kier alpha value is -5.36. The number of nitrogens with one attached hydrogen (secondary N) is 2. The van der Waals surface area contributed by atoms with Crippen molar-refractivity contribution < 1.29 is 33.7 Å². The van der Waals surface area contributed by atoms with Crippen LogP contribution in [0.15, 0.2) is 85.5 Å². The number of imidazole rings is 1. The van der Waals surface area contributed by atoms with Crippen molar-refractivity contribution in [3.8, 4) is 17.2 Å². The first-order valence-electron chi connectivity index (χ1n) is 14.6. The van der Waals surface area contributed by atoms with Crippen molar-refractivity contribution in [3.05, 3.63) is 108 Å². The van der Waals surface area contributed by atoms with Crippen LogP contribution in [0.3, 0.4) is 0 Å². The number of fused-ring (bicyclic) bond motifs is 7. The highest BCUT2D eigenvalue weighted by atomic mass is 16.5. The lowest BCUT2D eigenvalue weighted by atomic mass is 10.1. The molecule has 12 heteroatoms. The Labute approximate surface area is 259 Å². The lowest BCUT2D eigenvalue weighted by Gasteiger charge is -2.21. The lowest BCUT2D eigenvalue weighted by molar-refractivity contribution is -0.123. The van der Waals surface area contributed by atoms with E-state index >= 15 is 0 Å². The van der Waals surface area contributed by atoms with Crippen molar-refractivity contribution in [2.75, 3.05) is 26.3 Å². The van der Waals surface area contributed by atoms with E-state index in [-0.39, 0.29) is 35.9 Å². The third kappa shape index (κ3) is 7.60. The molecule has 1 saturated heterocycles. The number of aromatic carboxylic acids is 1. The number of ether oxygens (including phenoxy) is 3. The van der Waals surface area contributed by atoms with Crippen molar-refractivity contribution >= 4 is 17.8 Å². The fourth-order valence-corrected chi connectivity index (χ4v) is 5.39. The van der Waals surface area contributed by atoms with E-state index in [9.17, 15) is 19.5 Å². The van der Waals surface area contributed by atoms with Gasteiger partial charge in [-0.25, -0.2) is 9.78 Å². The Morgan fingerprint density at radius 2 is 1.89 bits per heavy atom. The van der Waals surface area contributed by atoms with Crippen molar-refractivity contribution in [2.45, 2.75) is 31.8 Å². The molecule has 0 aliphatic carbocycles. The molecule has 45 heavy (non-hydrogen) atoms. The van der Waals surface area contributed by atoms with Gasteiger partial charge in [0.15, 0.2) is 6.61 Å². The lowest BCUT2D eigenvalue weighted by Crippen LogP contribution is -2.45. The standard InChI is InChI=1S/C33H33N5O7/c39-31-20-44-27-14-24(13-25(15-27)33(41)42)32(40)36-28-18-38(19-30(28)45-26-7-5-22(6-8-26)16-35-31)17-23-3-1-2-4-29(23)43-12-11-37-10-9-34-21-37/h1-10,13-15,21,28,30H,11-12,16-20H2,(H,35,39)(H,36,40)(H,41,42)/t28-,30-/m0/s1. The molecule has 4 bridgehead atoms. The van der Waals surface area contributed by atoms with Crippen LogP contribution in [-0.2, 0) is 24.4 Å². The van der Waals surface area contributed by atoms with Crippen LogP contribution in [0.5, 0.6) is 17.2 Å².